The maximum absolute atomic E-state index is 4.49. The maximum atomic E-state index is 4.49. The van der Waals surface area contributed by atoms with Crippen LogP contribution in [0.15, 0.2) is 34.9 Å². The molecular formula is C16H22BrN5. The quantitative estimate of drug-likeness (QED) is 0.735. The van der Waals surface area contributed by atoms with Crippen LogP contribution in [0.1, 0.15) is 12.0 Å². The van der Waals surface area contributed by atoms with Gasteiger partial charge in [-0.05, 0) is 63.8 Å². The average molecular weight is 364 g/mol. The first-order valence-electron chi connectivity index (χ1n) is 7.29. The van der Waals surface area contributed by atoms with Gasteiger partial charge in [0.05, 0.1) is 0 Å². The van der Waals surface area contributed by atoms with Gasteiger partial charge in [0.1, 0.15) is 5.82 Å². The zero-order chi connectivity index (χ0) is 15.9. The van der Waals surface area contributed by atoms with E-state index in [0.717, 1.165) is 41.1 Å². The standard InChI is InChI=1S/C16H22BrN5/c1-12-11-13(17)5-6-14(12)20-16-19-9-7-15(21-16)18-8-4-10-22(2)3/h5-7,9,11H,4,8,10H2,1-3H3,(H2,18,19,20,21). The fourth-order valence-corrected chi connectivity index (χ4v) is 2.49. The van der Waals surface area contributed by atoms with Crippen LogP contribution in [0.5, 0.6) is 0 Å². The lowest BCUT2D eigenvalue weighted by molar-refractivity contribution is 0.405. The first-order valence-corrected chi connectivity index (χ1v) is 8.09. The third-order valence-electron chi connectivity index (χ3n) is 3.18. The summed E-state index contributed by atoms with van der Waals surface area (Å²) in [7, 11) is 4.15. The molecule has 0 unspecified atom stereocenters. The Morgan fingerprint density at radius 3 is 2.77 bits per heavy atom. The van der Waals surface area contributed by atoms with Crippen LogP contribution in [0.2, 0.25) is 0 Å². The van der Waals surface area contributed by atoms with Crippen molar-refractivity contribution in [1.82, 2.24) is 14.9 Å². The molecule has 0 atom stereocenters. The van der Waals surface area contributed by atoms with Crippen LogP contribution >= 0.6 is 15.9 Å². The van der Waals surface area contributed by atoms with Gasteiger partial charge >= 0.3 is 0 Å². The van der Waals surface area contributed by atoms with E-state index in [4.69, 9.17) is 0 Å². The third-order valence-corrected chi connectivity index (χ3v) is 3.67. The molecule has 1 aromatic heterocycles. The third kappa shape index (κ3) is 5.27. The van der Waals surface area contributed by atoms with Gasteiger partial charge < -0.3 is 15.5 Å². The summed E-state index contributed by atoms with van der Waals surface area (Å²) in [6.07, 6.45) is 2.84. The highest BCUT2D eigenvalue weighted by atomic mass is 79.9. The molecule has 1 aromatic carbocycles. The first kappa shape index (κ1) is 16.7. The molecule has 0 spiro atoms. The minimum Gasteiger partial charge on any atom is -0.370 e. The van der Waals surface area contributed by atoms with Gasteiger partial charge in [0.15, 0.2) is 0 Å². The topological polar surface area (TPSA) is 53.1 Å². The highest BCUT2D eigenvalue weighted by Gasteiger charge is 2.03. The second-order valence-electron chi connectivity index (χ2n) is 5.43. The summed E-state index contributed by atoms with van der Waals surface area (Å²) in [6.45, 7) is 4.00. The number of aromatic nitrogens is 2. The molecule has 6 heteroatoms. The number of rotatable bonds is 7. The molecule has 2 rings (SSSR count). The van der Waals surface area contributed by atoms with E-state index in [-0.39, 0.29) is 0 Å². The lowest BCUT2D eigenvalue weighted by Gasteiger charge is -2.12. The molecule has 0 radical (unpaired) electrons. The van der Waals surface area contributed by atoms with E-state index >= 15 is 0 Å². The maximum Gasteiger partial charge on any atom is 0.229 e. The van der Waals surface area contributed by atoms with E-state index in [9.17, 15) is 0 Å². The molecule has 0 aliphatic rings. The van der Waals surface area contributed by atoms with Crippen LogP contribution in [0.4, 0.5) is 17.5 Å². The second-order valence-corrected chi connectivity index (χ2v) is 6.35. The Balaban J connectivity index is 1.96. The Hall–Kier alpha value is -1.66. The lowest BCUT2D eigenvalue weighted by atomic mass is 10.2. The minimum atomic E-state index is 0.600. The zero-order valence-electron chi connectivity index (χ0n) is 13.2. The predicted octanol–water partition coefficient (Wildman–Crippen LogP) is 3.65. The number of halogens is 1. The zero-order valence-corrected chi connectivity index (χ0v) is 14.8. The molecule has 0 aliphatic heterocycles. The SMILES string of the molecule is Cc1cc(Br)ccc1Nc1nccc(NCCCN(C)C)n1. The molecule has 0 amide bonds. The Morgan fingerprint density at radius 2 is 2.05 bits per heavy atom. The Morgan fingerprint density at radius 1 is 1.23 bits per heavy atom. The second kappa shape index (κ2) is 8.10. The van der Waals surface area contributed by atoms with Crippen LogP contribution in [-0.2, 0) is 0 Å². The predicted molar refractivity (Wildman–Crippen MR) is 95.9 cm³/mol. The highest BCUT2D eigenvalue weighted by Crippen LogP contribution is 2.22. The van der Waals surface area contributed by atoms with Crippen LogP contribution in [0, 0.1) is 6.92 Å². The van der Waals surface area contributed by atoms with Crippen molar-refractivity contribution in [1.29, 1.82) is 0 Å². The largest absolute Gasteiger partial charge is 0.370 e. The van der Waals surface area contributed by atoms with E-state index in [1.807, 2.05) is 18.2 Å². The molecule has 0 saturated heterocycles. The monoisotopic (exact) mass is 363 g/mol. The number of benzene rings is 1. The molecule has 0 fully saturated rings. The van der Waals surface area contributed by atoms with Gasteiger partial charge in [0.2, 0.25) is 5.95 Å². The summed E-state index contributed by atoms with van der Waals surface area (Å²) < 4.78 is 1.06. The molecule has 22 heavy (non-hydrogen) atoms. The van der Waals surface area contributed by atoms with Crippen LogP contribution in [0.25, 0.3) is 0 Å². The number of anilines is 3. The number of nitrogens with one attached hydrogen (secondary N) is 2. The molecule has 0 saturated carbocycles. The lowest BCUT2D eigenvalue weighted by Crippen LogP contribution is -2.16. The van der Waals surface area contributed by atoms with Gasteiger partial charge in [0, 0.05) is 22.9 Å². The van der Waals surface area contributed by atoms with Gasteiger partial charge in [-0.3, -0.25) is 0 Å². The number of aryl methyl sites for hydroxylation is 1. The summed E-state index contributed by atoms with van der Waals surface area (Å²) >= 11 is 3.47. The molecule has 5 nitrogen and oxygen atoms in total. The molecule has 118 valence electrons. The number of hydrogen-bond acceptors (Lipinski definition) is 5. The fourth-order valence-electron chi connectivity index (χ4n) is 2.02. The molecule has 2 aromatic rings. The summed E-state index contributed by atoms with van der Waals surface area (Å²) in [5.41, 5.74) is 2.15. The minimum absolute atomic E-state index is 0.600. The van der Waals surface area contributed by atoms with E-state index in [2.05, 4.69) is 68.5 Å². The van der Waals surface area contributed by atoms with Gasteiger partial charge in [-0.2, -0.15) is 4.98 Å². The van der Waals surface area contributed by atoms with Gasteiger partial charge in [-0.15, -0.1) is 0 Å². The van der Waals surface area contributed by atoms with E-state index < -0.39 is 0 Å². The molecule has 0 aliphatic carbocycles. The normalized spacial score (nSPS) is 10.8. The molecular weight excluding hydrogens is 342 g/mol. The summed E-state index contributed by atoms with van der Waals surface area (Å²) in [5, 5.41) is 6.58. The molecule has 1 heterocycles. The van der Waals surface area contributed by atoms with Gasteiger partial charge in [-0.25, -0.2) is 4.98 Å². The van der Waals surface area contributed by atoms with Crippen LogP contribution in [-0.4, -0.2) is 42.1 Å². The van der Waals surface area contributed by atoms with Crippen LogP contribution in [0.3, 0.4) is 0 Å². The van der Waals surface area contributed by atoms with E-state index in [1.54, 1.807) is 6.20 Å². The first-order chi connectivity index (χ1) is 10.5. The van der Waals surface area contributed by atoms with Crippen molar-refractivity contribution in [2.24, 2.45) is 0 Å². The van der Waals surface area contributed by atoms with Crippen molar-refractivity contribution in [3.8, 4) is 0 Å². The summed E-state index contributed by atoms with van der Waals surface area (Å²) in [4.78, 5) is 10.9. The van der Waals surface area contributed by atoms with Gasteiger partial charge in [0.25, 0.3) is 0 Å². The van der Waals surface area contributed by atoms with Crippen LogP contribution < -0.4 is 10.6 Å². The molecule has 2 N–H and O–H groups in total. The smallest absolute Gasteiger partial charge is 0.229 e. The fraction of sp³-hybridized carbons (Fsp3) is 0.375. The van der Waals surface area contributed by atoms with Crippen molar-refractivity contribution in [3.63, 3.8) is 0 Å². The number of nitrogens with zero attached hydrogens (tertiary/aromatic N) is 3. The highest BCUT2D eigenvalue weighted by molar-refractivity contribution is 9.10. The molecule has 0 bridgehead atoms. The van der Waals surface area contributed by atoms with Gasteiger partial charge in [-0.1, -0.05) is 15.9 Å². The van der Waals surface area contributed by atoms with E-state index in [1.165, 1.54) is 0 Å². The average Bonchev–Trinajstić information content (AvgIpc) is 2.47. The van der Waals surface area contributed by atoms with Crippen molar-refractivity contribution in [3.05, 3.63) is 40.5 Å². The van der Waals surface area contributed by atoms with Crippen molar-refractivity contribution < 1.29 is 0 Å². The Labute approximate surface area is 140 Å². The van der Waals surface area contributed by atoms with Crippen molar-refractivity contribution >= 4 is 33.4 Å². The summed E-state index contributed by atoms with van der Waals surface area (Å²) in [5.74, 6) is 1.44. The Kier molecular flexibility index (Phi) is 6.15. The van der Waals surface area contributed by atoms with Crippen molar-refractivity contribution in [2.75, 3.05) is 37.8 Å². The summed E-state index contributed by atoms with van der Waals surface area (Å²) in [6, 6.07) is 7.96. The van der Waals surface area contributed by atoms with E-state index in [0.29, 0.717) is 5.95 Å². The Bertz CT molecular complexity index is 615. The van der Waals surface area contributed by atoms with Crippen molar-refractivity contribution in [2.45, 2.75) is 13.3 Å². The number of hydrogen-bond donors (Lipinski definition) is 2.